The van der Waals surface area contributed by atoms with Crippen LogP contribution < -0.4 is 5.32 Å². The summed E-state index contributed by atoms with van der Waals surface area (Å²) >= 11 is 18.1. The van der Waals surface area contributed by atoms with E-state index in [-0.39, 0.29) is 11.8 Å². The van der Waals surface area contributed by atoms with E-state index in [9.17, 15) is 4.79 Å². The molecule has 6 nitrogen and oxygen atoms in total. The van der Waals surface area contributed by atoms with Crippen LogP contribution in [0.2, 0.25) is 15.1 Å². The van der Waals surface area contributed by atoms with Gasteiger partial charge >= 0.3 is 0 Å². The fraction of sp³-hybridized carbons (Fsp3) is 0.316. The molecule has 0 aliphatic carbocycles. The van der Waals surface area contributed by atoms with E-state index in [4.69, 9.17) is 34.8 Å². The number of aromatic nitrogens is 4. The van der Waals surface area contributed by atoms with Gasteiger partial charge in [0.2, 0.25) is 5.91 Å². The first-order chi connectivity index (χ1) is 13.2. The maximum absolute atomic E-state index is 12.5. The molecule has 1 unspecified atom stereocenters. The molecule has 28 heavy (non-hydrogen) atoms. The summed E-state index contributed by atoms with van der Waals surface area (Å²) in [6.07, 6.45) is 3.38. The molecule has 0 saturated carbocycles. The van der Waals surface area contributed by atoms with Crippen molar-refractivity contribution < 1.29 is 4.79 Å². The van der Waals surface area contributed by atoms with Gasteiger partial charge < -0.3 is 5.32 Å². The zero-order valence-corrected chi connectivity index (χ0v) is 18.0. The summed E-state index contributed by atoms with van der Waals surface area (Å²) in [5.41, 5.74) is 3.21. The van der Waals surface area contributed by atoms with Crippen molar-refractivity contribution in [2.24, 2.45) is 5.92 Å². The van der Waals surface area contributed by atoms with E-state index in [0.29, 0.717) is 33.8 Å². The smallest absolute Gasteiger partial charge is 0.229 e. The second-order valence-corrected chi connectivity index (χ2v) is 7.92. The van der Waals surface area contributed by atoms with Crippen molar-refractivity contribution in [2.45, 2.75) is 33.9 Å². The SMILES string of the molecule is Cc1nn(CC(C)C(=O)Nc2cnn(Cc3ccc(Cl)c(Cl)c3)c2)c(C)c1Cl. The summed E-state index contributed by atoms with van der Waals surface area (Å²) in [6.45, 7) is 6.55. The van der Waals surface area contributed by atoms with Crippen LogP contribution in [0.15, 0.2) is 30.6 Å². The number of halogens is 3. The summed E-state index contributed by atoms with van der Waals surface area (Å²) < 4.78 is 3.48. The highest BCUT2D eigenvalue weighted by molar-refractivity contribution is 6.42. The van der Waals surface area contributed by atoms with E-state index >= 15 is 0 Å². The van der Waals surface area contributed by atoms with Gasteiger partial charge in [0.1, 0.15) is 0 Å². The number of anilines is 1. The largest absolute Gasteiger partial charge is 0.323 e. The molecular weight excluding hydrogens is 421 g/mol. The molecule has 0 aliphatic heterocycles. The molecule has 1 aromatic carbocycles. The summed E-state index contributed by atoms with van der Waals surface area (Å²) in [6, 6.07) is 5.43. The van der Waals surface area contributed by atoms with Crippen LogP contribution in [0.3, 0.4) is 0 Å². The van der Waals surface area contributed by atoms with Crippen molar-refractivity contribution in [1.82, 2.24) is 19.6 Å². The predicted molar refractivity (Wildman–Crippen MR) is 112 cm³/mol. The first-order valence-electron chi connectivity index (χ1n) is 8.71. The number of hydrogen-bond donors (Lipinski definition) is 1. The second kappa shape index (κ2) is 8.55. The van der Waals surface area contributed by atoms with Crippen LogP contribution in [0.5, 0.6) is 0 Å². The number of nitrogens with zero attached hydrogens (tertiary/aromatic N) is 4. The molecular formula is C19H20Cl3N5O. The quantitative estimate of drug-likeness (QED) is 0.588. The van der Waals surface area contributed by atoms with E-state index in [1.165, 1.54) is 0 Å². The van der Waals surface area contributed by atoms with Gasteiger partial charge in [-0.3, -0.25) is 14.2 Å². The van der Waals surface area contributed by atoms with Crippen molar-refractivity contribution in [1.29, 1.82) is 0 Å². The van der Waals surface area contributed by atoms with E-state index in [2.05, 4.69) is 15.5 Å². The number of nitrogens with one attached hydrogen (secondary N) is 1. The van der Waals surface area contributed by atoms with Crippen molar-refractivity contribution in [2.75, 3.05) is 5.32 Å². The molecule has 3 rings (SSSR count). The Labute approximate surface area is 178 Å². The Balaban J connectivity index is 1.61. The Kier molecular flexibility index (Phi) is 6.33. The summed E-state index contributed by atoms with van der Waals surface area (Å²) in [5, 5.41) is 13.2. The Hall–Kier alpha value is -2.02. The molecule has 0 aliphatic rings. The lowest BCUT2D eigenvalue weighted by Gasteiger charge is -2.12. The average Bonchev–Trinajstić information content (AvgIpc) is 3.18. The molecule has 1 atom stereocenters. The summed E-state index contributed by atoms with van der Waals surface area (Å²) in [5.74, 6) is -0.398. The third-order valence-corrected chi connectivity index (χ3v) is 5.70. The molecule has 1 amide bonds. The molecule has 1 N–H and O–H groups in total. The molecule has 0 bridgehead atoms. The molecule has 9 heteroatoms. The number of carbonyl (C=O) groups excluding carboxylic acids is 1. The molecule has 0 spiro atoms. The van der Waals surface area contributed by atoms with Gasteiger partial charge in [-0.1, -0.05) is 47.8 Å². The number of hydrogen-bond acceptors (Lipinski definition) is 3. The zero-order chi connectivity index (χ0) is 20.4. The Morgan fingerprint density at radius 2 is 1.96 bits per heavy atom. The summed E-state index contributed by atoms with van der Waals surface area (Å²) in [7, 11) is 0. The number of amides is 1. The number of carbonyl (C=O) groups is 1. The number of aryl methyl sites for hydroxylation is 1. The average molecular weight is 441 g/mol. The van der Waals surface area contributed by atoms with Gasteiger partial charge in [0.05, 0.1) is 57.3 Å². The van der Waals surface area contributed by atoms with Gasteiger partial charge in [0.15, 0.2) is 0 Å². The van der Waals surface area contributed by atoms with Crippen LogP contribution in [0, 0.1) is 19.8 Å². The predicted octanol–water partition coefficient (Wildman–Crippen LogP) is 4.98. The highest BCUT2D eigenvalue weighted by Gasteiger charge is 2.18. The summed E-state index contributed by atoms with van der Waals surface area (Å²) in [4.78, 5) is 12.5. The zero-order valence-electron chi connectivity index (χ0n) is 15.7. The molecule has 2 aromatic heterocycles. The Morgan fingerprint density at radius 3 is 2.61 bits per heavy atom. The van der Waals surface area contributed by atoms with Gasteiger partial charge in [-0.05, 0) is 31.5 Å². The van der Waals surface area contributed by atoms with Gasteiger partial charge in [-0.25, -0.2) is 0 Å². The first-order valence-corrected chi connectivity index (χ1v) is 9.84. The molecule has 3 aromatic rings. The lowest BCUT2D eigenvalue weighted by atomic mass is 10.1. The third kappa shape index (κ3) is 4.69. The number of rotatable bonds is 6. The van der Waals surface area contributed by atoms with Crippen LogP contribution in [-0.4, -0.2) is 25.5 Å². The van der Waals surface area contributed by atoms with Gasteiger partial charge in [-0.2, -0.15) is 10.2 Å². The topological polar surface area (TPSA) is 64.7 Å². The van der Waals surface area contributed by atoms with Crippen molar-refractivity contribution in [3.63, 3.8) is 0 Å². The van der Waals surface area contributed by atoms with Crippen molar-refractivity contribution in [3.05, 3.63) is 62.6 Å². The van der Waals surface area contributed by atoms with E-state index in [0.717, 1.165) is 17.0 Å². The Bertz CT molecular complexity index is 1010. The van der Waals surface area contributed by atoms with Crippen LogP contribution in [-0.2, 0) is 17.9 Å². The molecule has 0 saturated heterocycles. The monoisotopic (exact) mass is 439 g/mol. The maximum Gasteiger partial charge on any atom is 0.229 e. The van der Waals surface area contributed by atoms with Crippen LogP contribution in [0.1, 0.15) is 23.9 Å². The lowest BCUT2D eigenvalue weighted by Crippen LogP contribution is -2.25. The van der Waals surface area contributed by atoms with Crippen LogP contribution in [0.4, 0.5) is 5.69 Å². The minimum Gasteiger partial charge on any atom is -0.323 e. The molecule has 0 fully saturated rings. The second-order valence-electron chi connectivity index (χ2n) is 6.73. The highest BCUT2D eigenvalue weighted by Crippen LogP contribution is 2.23. The van der Waals surface area contributed by atoms with Gasteiger partial charge in [0.25, 0.3) is 0 Å². The van der Waals surface area contributed by atoms with Crippen LogP contribution >= 0.6 is 34.8 Å². The molecule has 0 radical (unpaired) electrons. The molecule has 148 valence electrons. The maximum atomic E-state index is 12.5. The molecule has 2 heterocycles. The lowest BCUT2D eigenvalue weighted by molar-refractivity contribution is -0.119. The van der Waals surface area contributed by atoms with E-state index < -0.39 is 0 Å². The fourth-order valence-electron chi connectivity index (χ4n) is 2.80. The van der Waals surface area contributed by atoms with E-state index in [1.54, 1.807) is 33.9 Å². The van der Waals surface area contributed by atoms with Crippen molar-refractivity contribution in [3.8, 4) is 0 Å². The normalized spacial score (nSPS) is 12.2. The van der Waals surface area contributed by atoms with Gasteiger partial charge in [0, 0.05) is 6.20 Å². The highest BCUT2D eigenvalue weighted by atomic mass is 35.5. The van der Waals surface area contributed by atoms with E-state index in [1.807, 2.05) is 26.8 Å². The Morgan fingerprint density at radius 1 is 1.21 bits per heavy atom. The number of benzene rings is 1. The van der Waals surface area contributed by atoms with Gasteiger partial charge in [-0.15, -0.1) is 0 Å². The fourth-order valence-corrected chi connectivity index (χ4v) is 3.26. The standard InChI is InChI=1S/C19H20Cl3N5O/c1-11(8-27-13(3)18(22)12(2)25-27)19(28)24-15-7-23-26(10-15)9-14-4-5-16(20)17(21)6-14/h4-7,10-11H,8-9H2,1-3H3,(H,24,28). The first kappa shape index (κ1) is 20.7. The van der Waals surface area contributed by atoms with Crippen LogP contribution in [0.25, 0.3) is 0 Å². The minimum atomic E-state index is -0.285. The minimum absolute atomic E-state index is 0.113. The third-order valence-electron chi connectivity index (χ3n) is 4.42. The van der Waals surface area contributed by atoms with Crippen molar-refractivity contribution >= 4 is 46.4 Å².